The van der Waals surface area contributed by atoms with Crippen LogP contribution in [0, 0.1) is 11.6 Å². The highest BCUT2D eigenvalue weighted by atomic mass is 19.1. The number of piperazine rings is 1. The molecule has 3 amide bonds. The molecule has 0 unspecified atom stereocenters. The molecular weight excluding hydrogens is 320 g/mol. The minimum Gasteiger partial charge on any atom is -0.346 e. The average Bonchev–Trinajstić information content (AvgIpc) is 2.53. The fourth-order valence-corrected chi connectivity index (χ4v) is 2.44. The topological polar surface area (TPSA) is 69.7 Å². The lowest BCUT2D eigenvalue weighted by Crippen LogP contribution is -2.54. The molecule has 130 valence electrons. The average molecular weight is 339 g/mol. The molecule has 0 saturated carbocycles. The summed E-state index contributed by atoms with van der Waals surface area (Å²) < 4.78 is 27.4. The predicted molar refractivity (Wildman–Crippen MR) is 82.1 cm³/mol. The summed E-state index contributed by atoms with van der Waals surface area (Å²) in [6.45, 7) is 3.95. The van der Waals surface area contributed by atoms with Gasteiger partial charge in [-0.25, -0.2) is 8.78 Å². The first kappa shape index (κ1) is 17.8. The van der Waals surface area contributed by atoms with E-state index in [2.05, 4.69) is 5.32 Å². The summed E-state index contributed by atoms with van der Waals surface area (Å²) in [5.41, 5.74) is -0.602. The molecule has 0 aromatic heterocycles. The molecule has 6 nitrogen and oxygen atoms in total. The summed E-state index contributed by atoms with van der Waals surface area (Å²) >= 11 is 0. The number of hydrogen-bond donors (Lipinski definition) is 1. The molecule has 1 aliphatic heterocycles. The summed E-state index contributed by atoms with van der Waals surface area (Å²) in [6.07, 6.45) is 0. The van der Waals surface area contributed by atoms with E-state index in [0.717, 1.165) is 12.1 Å². The van der Waals surface area contributed by atoms with Crippen LogP contribution in [0.2, 0.25) is 0 Å². The number of hydrogen-bond acceptors (Lipinski definition) is 3. The summed E-state index contributed by atoms with van der Waals surface area (Å²) in [5.74, 6) is -3.98. The minimum absolute atomic E-state index is 0.104. The third-order valence-electron chi connectivity index (χ3n) is 3.64. The lowest BCUT2D eigenvalue weighted by molar-refractivity contribution is -0.147. The Bertz CT molecular complexity index is 636. The normalized spacial score (nSPS) is 14.7. The number of halogens is 2. The minimum atomic E-state index is -0.921. The third kappa shape index (κ3) is 3.87. The predicted octanol–water partition coefficient (Wildman–Crippen LogP) is 0.774. The molecule has 24 heavy (non-hydrogen) atoms. The Kier molecular flexibility index (Phi) is 5.48. The van der Waals surface area contributed by atoms with Crippen molar-refractivity contribution in [1.29, 1.82) is 0 Å². The molecule has 0 radical (unpaired) electrons. The number of benzene rings is 1. The molecule has 1 aromatic carbocycles. The fraction of sp³-hybridized carbons (Fsp3) is 0.438. The van der Waals surface area contributed by atoms with Crippen LogP contribution in [0.3, 0.4) is 0 Å². The van der Waals surface area contributed by atoms with E-state index in [1.165, 1.54) is 15.9 Å². The van der Waals surface area contributed by atoms with Gasteiger partial charge in [0.2, 0.25) is 0 Å². The zero-order valence-corrected chi connectivity index (χ0v) is 13.5. The number of carbonyl (C=O) groups is 3. The maximum absolute atomic E-state index is 13.7. The first-order valence-electron chi connectivity index (χ1n) is 7.64. The van der Waals surface area contributed by atoms with Gasteiger partial charge in [-0.05, 0) is 26.0 Å². The van der Waals surface area contributed by atoms with E-state index in [1.807, 2.05) is 0 Å². The Labute approximate surface area is 138 Å². The van der Waals surface area contributed by atoms with Gasteiger partial charge in [-0.15, -0.1) is 0 Å². The van der Waals surface area contributed by atoms with Gasteiger partial charge in [0.25, 0.3) is 5.91 Å². The van der Waals surface area contributed by atoms with Gasteiger partial charge < -0.3 is 15.1 Å². The van der Waals surface area contributed by atoms with E-state index in [1.54, 1.807) is 13.8 Å². The van der Waals surface area contributed by atoms with Crippen molar-refractivity contribution in [3.05, 3.63) is 35.4 Å². The van der Waals surface area contributed by atoms with E-state index >= 15 is 0 Å². The third-order valence-corrected chi connectivity index (χ3v) is 3.64. The fourth-order valence-electron chi connectivity index (χ4n) is 2.44. The molecule has 1 heterocycles. The molecule has 1 saturated heterocycles. The maximum atomic E-state index is 13.7. The van der Waals surface area contributed by atoms with Crippen molar-refractivity contribution in [3.63, 3.8) is 0 Å². The number of amides is 3. The highest BCUT2D eigenvalue weighted by Gasteiger charge is 2.30. The lowest BCUT2D eigenvalue weighted by Gasteiger charge is -2.34. The molecule has 1 aliphatic rings. The molecule has 1 fully saturated rings. The van der Waals surface area contributed by atoms with Gasteiger partial charge >= 0.3 is 11.8 Å². The molecule has 2 rings (SSSR count). The highest BCUT2D eigenvalue weighted by molar-refractivity contribution is 6.35. The molecule has 0 atom stereocenters. The van der Waals surface area contributed by atoms with Gasteiger partial charge in [0, 0.05) is 32.2 Å². The monoisotopic (exact) mass is 339 g/mol. The number of nitrogens with one attached hydrogen (secondary N) is 1. The summed E-state index contributed by atoms with van der Waals surface area (Å²) in [7, 11) is 0. The quantitative estimate of drug-likeness (QED) is 0.810. The Hall–Kier alpha value is -2.51. The number of nitrogens with zero attached hydrogens (tertiary/aromatic N) is 2. The molecule has 0 bridgehead atoms. The van der Waals surface area contributed by atoms with Crippen molar-refractivity contribution < 1.29 is 23.2 Å². The van der Waals surface area contributed by atoms with Crippen LogP contribution in [-0.2, 0) is 9.59 Å². The smallest absolute Gasteiger partial charge is 0.312 e. The molecule has 0 aliphatic carbocycles. The Morgan fingerprint density at radius 3 is 2.00 bits per heavy atom. The van der Waals surface area contributed by atoms with Crippen molar-refractivity contribution in [2.24, 2.45) is 0 Å². The molecule has 1 N–H and O–H groups in total. The first-order chi connectivity index (χ1) is 11.3. The standard InChI is InChI=1S/C16H19F2N3O3/c1-10(2)19-14(22)16(24)21-8-6-20(7-9-21)15(23)13-11(17)4-3-5-12(13)18/h3-5,10H,6-9H2,1-2H3,(H,19,22). The molecule has 8 heteroatoms. The number of rotatable bonds is 2. The van der Waals surface area contributed by atoms with E-state index < -0.39 is 34.9 Å². The largest absolute Gasteiger partial charge is 0.346 e. The van der Waals surface area contributed by atoms with E-state index in [0.29, 0.717) is 0 Å². The van der Waals surface area contributed by atoms with Crippen LogP contribution < -0.4 is 5.32 Å². The summed E-state index contributed by atoms with van der Waals surface area (Å²) in [6, 6.07) is 3.07. The van der Waals surface area contributed by atoms with E-state index in [4.69, 9.17) is 0 Å². The van der Waals surface area contributed by atoms with Gasteiger partial charge in [-0.3, -0.25) is 14.4 Å². The van der Waals surface area contributed by atoms with Crippen molar-refractivity contribution in [2.75, 3.05) is 26.2 Å². The van der Waals surface area contributed by atoms with Crippen LogP contribution >= 0.6 is 0 Å². The number of carbonyl (C=O) groups excluding carboxylic acids is 3. The van der Waals surface area contributed by atoms with Crippen LogP contribution in [0.15, 0.2) is 18.2 Å². The van der Waals surface area contributed by atoms with Crippen LogP contribution in [0.4, 0.5) is 8.78 Å². The highest BCUT2D eigenvalue weighted by Crippen LogP contribution is 2.16. The second-order valence-electron chi connectivity index (χ2n) is 5.81. The van der Waals surface area contributed by atoms with Crippen molar-refractivity contribution in [3.8, 4) is 0 Å². The zero-order valence-electron chi connectivity index (χ0n) is 13.5. The van der Waals surface area contributed by atoms with Gasteiger partial charge in [0.05, 0.1) is 0 Å². The summed E-state index contributed by atoms with van der Waals surface area (Å²) in [5, 5.41) is 2.50. The first-order valence-corrected chi connectivity index (χ1v) is 7.64. The second-order valence-corrected chi connectivity index (χ2v) is 5.81. The van der Waals surface area contributed by atoms with Crippen LogP contribution in [0.5, 0.6) is 0 Å². The Balaban J connectivity index is 1.99. The molecule has 1 aromatic rings. The van der Waals surface area contributed by atoms with Crippen LogP contribution in [-0.4, -0.2) is 59.7 Å². The van der Waals surface area contributed by atoms with Gasteiger partial charge in [0.15, 0.2) is 0 Å². The lowest BCUT2D eigenvalue weighted by atomic mass is 10.1. The van der Waals surface area contributed by atoms with Crippen LogP contribution in [0.25, 0.3) is 0 Å². The second kappa shape index (κ2) is 7.37. The zero-order chi connectivity index (χ0) is 17.9. The van der Waals surface area contributed by atoms with Gasteiger partial charge in [-0.2, -0.15) is 0 Å². The van der Waals surface area contributed by atoms with Gasteiger partial charge in [0.1, 0.15) is 17.2 Å². The SMILES string of the molecule is CC(C)NC(=O)C(=O)N1CCN(C(=O)c2c(F)cccc2F)CC1. The van der Waals surface area contributed by atoms with Crippen molar-refractivity contribution in [1.82, 2.24) is 15.1 Å². The van der Waals surface area contributed by atoms with Crippen molar-refractivity contribution in [2.45, 2.75) is 19.9 Å². The van der Waals surface area contributed by atoms with Crippen molar-refractivity contribution >= 4 is 17.7 Å². The molecular formula is C16H19F2N3O3. The summed E-state index contributed by atoms with van der Waals surface area (Å²) in [4.78, 5) is 38.5. The van der Waals surface area contributed by atoms with Crippen LogP contribution in [0.1, 0.15) is 24.2 Å². The maximum Gasteiger partial charge on any atom is 0.312 e. The van der Waals surface area contributed by atoms with E-state index in [-0.39, 0.29) is 32.2 Å². The molecule has 0 spiro atoms. The van der Waals surface area contributed by atoms with E-state index in [9.17, 15) is 23.2 Å². The Morgan fingerprint density at radius 2 is 1.50 bits per heavy atom. The van der Waals surface area contributed by atoms with Gasteiger partial charge in [-0.1, -0.05) is 6.07 Å². The Morgan fingerprint density at radius 1 is 1.00 bits per heavy atom.